The fraction of sp³-hybridized carbons (Fsp3) is 0. The lowest BCUT2D eigenvalue weighted by Crippen LogP contribution is -1.89. The molecule has 3 rings (SSSR count). The van der Waals surface area contributed by atoms with Crippen molar-refractivity contribution in [1.29, 1.82) is 0 Å². The quantitative estimate of drug-likeness (QED) is 0.721. The highest BCUT2D eigenvalue weighted by atomic mass is 16.3. The molecule has 108 valence electrons. The summed E-state index contributed by atoms with van der Waals surface area (Å²) < 4.78 is 0. The molecule has 4 nitrogen and oxygen atoms in total. The van der Waals surface area contributed by atoms with Gasteiger partial charge in [0.25, 0.3) is 0 Å². The second kappa shape index (κ2) is 6.10. The summed E-state index contributed by atoms with van der Waals surface area (Å²) in [6, 6.07) is 14.2. The lowest BCUT2D eigenvalue weighted by Gasteiger charge is -2.04. The van der Waals surface area contributed by atoms with Gasteiger partial charge in [-0.25, -0.2) is 0 Å². The number of hydrogen-bond donors (Lipinski definition) is 2. The van der Waals surface area contributed by atoms with Crippen molar-refractivity contribution in [3.8, 4) is 22.9 Å². The highest BCUT2D eigenvalue weighted by molar-refractivity contribution is 5.77. The SMILES string of the molecule is Oc1ccc(C=Cc2cccnc2-c2ccccn2)cc1O. The van der Waals surface area contributed by atoms with Gasteiger partial charge in [0.2, 0.25) is 0 Å². The van der Waals surface area contributed by atoms with Gasteiger partial charge in [-0.3, -0.25) is 9.97 Å². The highest BCUT2D eigenvalue weighted by Crippen LogP contribution is 2.26. The van der Waals surface area contributed by atoms with Crippen LogP contribution in [0.2, 0.25) is 0 Å². The van der Waals surface area contributed by atoms with Crippen molar-refractivity contribution in [1.82, 2.24) is 9.97 Å². The molecule has 3 aromatic rings. The normalized spacial score (nSPS) is 10.9. The van der Waals surface area contributed by atoms with Crippen LogP contribution in [0.1, 0.15) is 11.1 Å². The highest BCUT2D eigenvalue weighted by Gasteiger charge is 2.04. The van der Waals surface area contributed by atoms with Crippen LogP contribution in [-0.2, 0) is 0 Å². The second-order valence-electron chi connectivity index (χ2n) is 4.74. The zero-order chi connectivity index (χ0) is 15.4. The molecule has 2 heterocycles. The van der Waals surface area contributed by atoms with Gasteiger partial charge in [0.05, 0.1) is 11.4 Å². The van der Waals surface area contributed by atoms with Crippen LogP contribution in [0, 0.1) is 0 Å². The molecular weight excluding hydrogens is 276 g/mol. The first-order valence-electron chi connectivity index (χ1n) is 6.80. The van der Waals surface area contributed by atoms with Crippen molar-refractivity contribution in [2.24, 2.45) is 0 Å². The summed E-state index contributed by atoms with van der Waals surface area (Å²) in [5, 5.41) is 18.9. The Balaban J connectivity index is 1.96. The Morgan fingerprint density at radius 2 is 1.64 bits per heavy atom. The van der Waals surface area contributed by atoms with E-state index in [4.69, 9.17) is 0 Å². The van der Waals surface area contributed by atoms with E-state index < -0.39 is 0 Å². The molecule has 0 spiro atoms. The summed E-state index contributed by atoms with van der Waals surface area (Å²) in [5.41, 5.74) is 3.30. The monoisotopic (exact) mass is 290 g/mol. The van der Waals surface area contributed by atoms with Crippen molar-refractivity contribution in [2.75, 3.05) is 0 Å². The largest absolute Gasteiger partial charge is 0.504 e. The van der Waals surface area contributed by atoms with Crippen LogP contribution in [0.25, 0.3) is 23.5 Å². The summed E-state index contributed by atoms with van der Waals surface area (Å²) in [5.74, 6) is -0.272. The number of phenols is 2. The molecule has 22 heavy (non-hydrogen) atoms. The van der Waals surface area contributed by atoms with Crippen LogP contribution in [0.5, 0.6) is 11.5 Å². The molecule has 4 heteroatoms. The zero-order valence-electron chi connectivity index (χ0n) is 11.7. The van der Waals surface area contributed by atoms with Crippen molar-refractivity contribution >= 4 is 12.2 Å². The number of rotatable bonds is 3. The van der Waals surface area contributed by atoms with Crippen molar-refractivity contribution < 1.29 is 10.2 Å². The smallest absolute Gasteiger partial charge is 0.157 e. The first kappa shape index (κ1) is 13.8. The summed E-state index contributed by atoms with van der Waals surface area (Å²) in [4.78, 5) is 8.71. The number of pyridine rings is 2. The number of aromatic nitrogens is 2. The van der Waals surface area contributed by atoms with Crippen molar-refractivity contribution in [3.05, 3.63) is 72.1 Å². The van der Waals surface area contributed by atoms with Crippen LogP contribution in [0.15, 0.2) is 60.9 Å². The molecule has 0 aliphatic rings. The number of hydrogen-bond acceptors (Lipinski definition) is 4. The Morgan fingerprint density at radius 1 is 0.773 bits per heavy atom. The van der Waals surface area contributed by atoms with E-state index in [0.717, 1.165) is 22.5 Å². The first-order chi connectivity index (χ1) is 10.7. The minimum atomic E-state index is -0.140. The van der Waals surface area contributed by atoms with E-state index in [1.54, 1.807) is 18.5 Å². The number of phenolic OH excluding ortho intramolecular Hbond substituents is 2. The molecule has 0 saturated heterocycles. The maximum Gasteiger partial charge on any atom is 0.157 e. The molecule has 0 saturated carbocycles. The molecule has 0 bridgehead atoms. The average Bonchev–Trinajstić information content (AvgIpc) is 2.57. The third-order valence-corrected chi connectivity index (χ3v) is 3.20. The second-order valence-corrected chi connectivity index (χ2v) is 4.74. The van der Waals surface area contributed by atoms with Gasteiger partial charge in [0.15, 0.2) is 11.5 Å². The molecule has 2 aromatic heterocycles. The minimum absolute atomic E-state index is 0.132. The number of nitrogens with zero attached hydrogens (tertiary/aromatic N) is 2. The van der Waals surface area contributed by atoms with Crippen LogP contribution in [0.3, 0.4) is 0 Å². The molecule has 0 aliphatic carbocycles. The lowest BCUT2D eigenvalue weighted by atomic mass is 10.1. The van der Waals surface area contributed by atoms with Crippen LogP contribution in [0.4, 0.5) is 0 Å². The summed E-state index contributed by atoms with van der Waals surface area (Å²) in [6.07, 6.45) is 7.22. The van der Waals surface area contributed by atoms with Crippen LogP contribution in [-0.4, -0.2) is 20.2 Å². The van der Waals surface area contributed by atoms with E-state index in [1.165, 1.54) is 12.1 Å². The predicted molar refractivity (Wildman–Crippen MR) is 86.2 cm³/mol. The molecular formula is C18H14N2O2. The van der Waals surface area contributed by atoms with Gasteiger partial charge in [-0.1, -0.05) is 30.4 Å². The van der Waals surface area contributed by atoms with Crippen LogP contribution < -0.4 is 0 Å². The van der Waals surface area contributed by atoms with E-state index in [1.807, 2.05) is 42.5 Å². The Bertz CT molecular complexity index is 814. The van der Waals surface area contributed by atoms with Gasteiger partial charge < -0.3 is 10.2 Å². The molecule has 0 unspecified atom stereocenters. The molecule has 1 aromatic carbocycles. The topological polar surface area (TPSA) is 66.2 Å². The van der Waals surface area contributed by atoms with Gasteiger partial charge in [-0.2, -0.15) is 0 Å². The Kier molecular flexibility index (Phi) is 3.83. The van der Waals surface area contributed by atoms with Crippen molar-refractivity contribution in [3.63, 3.8) is 0 Å². The van der Waals surface area contributed by atoms with E-state index in [2.05, 4.69) is 9.97 Å². The molecule has 0 atom stereocenters. The predicted octanol–water partition coefficient (Wildman–Crippen LogP) is 3.73. The third kappa shape index (κ3) is 2.96. The van der Waals surface area contributed by atoms with E-state index in [-0.39, 0.29) is 11.5 Å². The Morgan fingerprint density at radius 3 is 2.41 bits per heavy atom. The maximum atomic E-state index is 9.52. The van der Waals surface area contributed by atoms with Gasteiger partial charge in [0.1, 0.15) is 0 Å². The summed E-state index contributed by atoms with van der Waals surface area (Å²) >= 11 is 0. The maximum absolute atomic E-state index is 9.52. The van der Waals surface area contributed by atoms with Crippen LogP contribution >= 0.6 is 0 Å². The number of aromatic hydroxyl groups is 2. The molecule has 0 amide bonds. The van der Waals surface area contributed by atoms with Gasteiger partial charge in [0, 0.05) is 18.0 Å². The standard InChI is InChI=1S/C18H14N2O2/c21-16-9-7-13(12-17(16)22)6-8-14-4-3-11-20-18(14)15-5-1-2-10-19-15/h1-12,21-22H. The Labute approximate surface area is 128 Å². The van der Waals surface area contributed by atoms with Gasteiger partial charge >= 0.3 is 0 Å². The first-order valence-corrected chi connectivity index (χ1v) is 6.80. The molecule has 0 fully saturated rings. The molecule has 0 aliphatic heterocycles. The summed E-state index contributed by atoms with van der Waals surface area (Å²) in [6.45, 7) is 0. The minimum Gasteiger partial charge on any atom is -0.504 e. The molecule has 2 N–H and O–H groups in total. The fourth-order valence-corrected chi connectivity index (χ4v) is 2.10. The van der Waals surface area contributed by atoms with Gasteiger partial charge in [-0.05, 0) is 35.9 Å². The summed E-state index contributed by atoms with van der Waals surface area (Å²) in [7, 11) is 0. The number of benzene rings is 1. The average molecular weight is 290 g/mol. The van der Waals surface area contributed by atoms with Crippen molar-refractivity contribution in [2.45, 2.75) is 0 Å². The van der Waals surface area contributed by atoms with E-state index in [0.29, 0.717) is 0 Å². The Hall–Kier alpha value is -3.14. The fourth-order valence-electron chi connectivity index (χ4n) is 2.10. The zero-order valence-corrected chi connectivity index (χ0v) is 11.7. The van der Waals surface area contributed by atoms with E-state index in [9.17, 15) is 10.2 Å². The van der Waals surface area contributed by atoms with E-state index >= 15 is 0 Å². The third-order valence-electron chi connectivity index (χ3n) is 3.20. The van der Waals surface area contributed by atoms with Gasteiger partial charge in [-0.15, -0.1) is 0 Å². The lowest BCUT2D eigenvalue weighted by molar-refractivity contribution is 0.403. The molecule has 0 radical (unpaired) electrons.